The molecule has 0 unspecified atom stereocenters. The van der Waals surface area contributed by atoms with Crippen molar-refractivity contribution in [1.82, 2.24) is 10.6 Å². The van der Waals surface area contributed by atoms with Gasteiger partial charge in [-0.2, -0.15) is 0 Å². The number of rotatable bonds is 4. The third-order valence-corrected chi connectivity index (χ3v) is 2.13. The van der Waals surface area contributed by atoms with Crippen molar-refractivity contribution in [3.8, 4) is 0 Å². The van der Waals surface area contributed by atoms with Crippen molar-refractivity contribution in [3.05, 3.63) is 0 Å². The first-order valence-electron chi connectivity index (χ1n) is 4.56. The first-order valence-corrected chi connectivity index (χ1v) is 4.56. The SMILES string of the molecule is CC(C)NC(=O)CNC1(C)CC1. The zero-order chi connectivity index (χ0) is 9.19. The predicted molar refractivity (Wildman–Crippen MR) is 48.9 cm³/mol. The lowest BCUT2D eigenvalue weighted by Crippen LogP contribution is -2.41. The molecule has 0 aromatic heterocycles. The number of amides is 1. The molecule has 0 spiro atoms. The Balaban J connectivity index is 2.10. The molecule has 1 amide bonds. The van der Waals surface area contributed by atoms with Gasteiger partial charge in [0.1, 0.15) is 0 Å². The Kier molecular flexibility index (Phi) is 2.73. The predicted octanol–water partition coefficient (Wildman–Crippen LogP) is 0.653. The van der Waals surface area contributed by atoms with Gasteiger partial charge in [-0.1, -0.05) is 0 Å². The number of nitrogens with one attached hydrogen (secondary N) is 2. The van der Waals surface area contributed by atoms with Gasteiger partial charge in [0.25, 0.3) is 0 Å². The lowest BCUT2D eigenvalue weighted by atomic mass is 10.3. The molecule has 0 atom stereocenters. The molecule has 0 radical (unpaired) electrons. The van der Waals surface area contributed by atoms with Crippen molar-refractivity contribution in [2.24, 2.45) is 0 Å². The van der Waals surface area contributed by atoms with E-state index in [-0.39, 0.29) is 17.5 Å². The van der Waals surface area contributed by atoms with E-state index in [1.165, 1.54) is 12.8 Å². The minimum Gasteiger partial charge on any atom is -0.353 e. The van der Waals surface area contributed by atoms with Gasteiger partial charge in [-0.05, 0) is 33.6 Å². The second-order valence-corrected chi connectivity index (χ2v) is 4.14. The minimum absolute atomic E-state index is 0.0955. The van der Waals surface area contributed by atoms with E-state index < -0.39 is 0 Å². The summed E-state index contributed by atoms with van der Waals surface area (Å²) in [6.45, 7) is 6.54. The van der Waals surface area contributed by atoms with E-state index in [0.29, 0.717) is 6.54 Å². The van der Waals surface area contributed by atoms with Crippen molar-refractivity contribution in [1.29, 1.82) is 0 Å². The highest BCUT2D eigenvalue weighted by atomic mass is 16.1. The summed E-state index contributed by atoms with van der Waals surface area (Å²) in [5.74, 6) is 0.0955. The summed E-state index contributed by atoms with van der Waals surface area (Å²) in [6, 6.07) is 0.242. The third kappa shape index (κ3) is 3.22. The first-order chi connectivity index (χ1) is 5.52. The van der Waals surface area contributed by atoms with E-state index in [0.717, 1.165) is 0 Å². The van der Waals surface area contributed by atoms with Gasteiger partial charge in [0.2, 0.25) is 5.91 Å². The molecule has 70 valence electrons. The summed E-state index contributed by atoms with van der Waals surface area (Å²) >= 11 is 0. The molecule has 1 fully saturated rings. The summed E-state index contributed by atoms with van der Waals surface area (Å²) in [5, 5.41) is 6.07. The summed E-state index contributed by atoms with van der Waals surface area (Å²) in [6.07, 6.45) is 2.39. The molecule has 2 N–H and O–H groups in total. The van der Waals surface area contributed by atoms with Gasteiger partial charge >= 0.3 is 0 Å². The molecule has 0 bridgehead atoms. The maximum atomic E-state index is 11.2. The molecule has 3 heteroatoms. The Morgan fingerprint density at radius 3 is 2.50 bits per heavy atom. The molecule has 0 aromatic rings. The fourth-order valence-corrected chi connectivity index (χ4v) is 1.03. The molecule has 0 heterocycles. The van der Waals surface area contributed by atoms with Gasteiger partial charge in [0, 0.05) is 11.6 Å². The first kappa shape index (κ1) is 9.52. The summed E-state index contributed by atoms with van der Waals surface area (Å²) in [5.41, 5.74) is 0.258. The van der Waals surface area contributed by atoms with Gasteiger partial charge in [0.05, 0.1) is 6.54 Å². The standard InChI is InChI=1S/C9H18N2O/c1-7(2)11-8(12)6-10-9(3)4-5-9/h7,10H,4-6H2,1-3H3,(H,11,12). The van der Waals surface area contributed by atoms with Crippen LogP contribution in [0.25, 0.3) is 0 Å². The average molecular weight is 170 g/mol. The molecule has 1 rings (SSSR count). The topological polar surface area (TPSA) is 41.1 Å². The van der Waals surface area contributed by atoms with E-state index in [9.17, 15) is 4.79 Å². The third-order valence-electron chi connectivity index (χ3n) is 2.13. The Morgan fingerprint density at radius 1 is 1.50 bits per heavy atom. The molecule has 1 aliphatic carbocycles. The molecule has 1 saturated carbocycles. The van der Waals surface area contributed by atoms with Crippen LogP contribution in [-0.4, -0.2) is 24.0 Å². The molecule has 0 aromatic carbocycles. The van der Waals surface area contributed by atoms with Crippen LogP contribution in [0.3, 0.4) is 0 Å². The highest BCUT2D eigenvalue weighted by molar-refractivity contribution is 5.78. The lowest BCUT2D eigenvalue weighted by molar-refractivity contribution is -0.120. The van der Waals surface area contributed by atoms with Gasteiger partial charge in [-0.15, -0.1) is 0 Å². The lowest BCUT2D eigenvalue weighted by Gasteiger charge is -2.12. The quantitative estimate of drug-likeness (QED) is 0.650. The normalized spacial score (nSPS) is 19.3. The van der Waals surface area contributed by atoms with Gasteiger partial charge in [0.15, 0.2) is 0 Å². The smallest absolute Gasteiger partial charge is 0.234 e. The monoisotopic (exact) mass is 170 g/mol. The second-order valence-electron chi connectivity index (χ2n) is 4.14. The van der Waals surface area contributed by atoms with Crippen molar-refractivity contribution in [2.75, 3.05) is 6.54 Å². The largest absolute Gasteiger partial charge is 0.353 e. The second kappa shape index (κ2) is 3.44. The van der Waals surface area contributed by atoms with Crippen LogP contribution in [0.1, 0.15) is 33.6 Å². The van der Waals surface area contributed by atoms with E-state index in [1.54, 1.807) is 0 Å². The van der Waals surface area contributed by atoms with Crippen LogP contribution >= 0.6 is 0 Å². The maximum Gasteiger partial charge on any atom is 0.234 e. The van der Waals surface area contributed by atoms with E-state index in [4.69, 9.17) is 0 Å². The van der Waals surface area contributed by atoms with Crippen molar-refractivity contribution >= 4 is 5.91 Å². The maximum absolute atomic E-state index is 11.2. The molecule has 0 saturated heterocycles. The molecule has 0 aliphatic heterocycles. The Hall–Kier alpha value is -0.570. The number of hydrogen-bond acceptors (Lipinski definition) is 2. The molecular weight excluding hydrogens is 152 g/mol. The van der Waals surface area contributed by atoms with Crippen molar-refractivity contribution < 1.29 is 4.79 Å². The average Bonchev–Trinajstić information content (AvgIpc) is 2.64. The van der Waals surface area contributed by atoms with Crippen LogP contribution in [0.15, 0.2) is 0 Å². The Labute approximate surface area is 73.9 Å². The zero-order valence-corrected chi connectivity index (χ0v) is 8.11. The Morgan fingerprint density at radius 2 is 2.08 bits per heavy atom. The fourth-order valence-electron chi connectivity index (χ4n) is 1.03. The summed E-state index contributed by atoms with van der Waals surface area (Å²) < 4.78 is 0. The Bertz CT molecular complexity index is 173. The number of carbonyl (C=O) groups excluding carboxylic acids is 1. The van der Waals surface area contributed by atoms with Crippen LogP contribution in [-0.2, 0) is 4.79 Å². The molecule has 3 nitrogen and oxygen atoms in total. The van der Waals surface area contributed by atoms with E-state index >= 15 is 0 Å². The van der Waals surface area contributed by atoms with Gasteiger partial charge < -0.3 is 10.6 Å². The van der Waals surface area contributed by atoms with Gasteiger partial charge in [-0.3, -0.25) is 4.79 Å². The molecule has 12 heavy (non-hydrogen) atoms. The number of carbonyl (C=O) groups is 1. The summed E-state index contributed by atoms with van der Waals surface area (Å²) in [4.78, 5) is 11.2. The fraction of sp³-hybridized carbons (Fsp3) is 0.889. The number of hydrogen-bond donors (Lipinski definition) is 2. The van der Waals surface area contributed by atoms with Crippen LogP contribution < -0.4 is 10.6 Å². The van der Waals surface area contributed by atoms with Crippen LogP contribution in [0.2, 0.25) is 0 Å². The highest BCUT2D eigenvalue weighted by Gasteiger charge is 2.36. The van der Waals surface area contributed by atoms with Crippen LogP contribution in [0.4, 0.5) is 0 Å². The highest BCUT2D eigenvalue weighted by Crippen LogP contribution is 2.33. The zero-order valence-electron chi connectivity index (χ0n) is 8.11. The summed E-state index contributed by atoms with van der Waals surface area (Å²) in [7, 11) is 0. The van der Waals surface area contributed by atoms with E-state index in [1.807, 2.05) is 13.8 Å². The molecule has 1 aliphatic rings. The van der Waals surface area contributed by atoms with E-state index in [2.05, 4.69) is 17.6 Å². The van der Waals surface area contributed by atoms with Crippen molar-refractivity contribution in [3.63, 3.8) is 0 Å². The van der Waals surface area contributed by atoms with Crippen molar-refractivity contribution in [2.45, 2.75) is 45.2 Å². The van der Waals surface area contributed by atoms with Crippen LogP contribution in [0, 0.1) is 0 Å². The minimum atomic E-state index is 0.0955. The molecular formula is C9H18N2O. The van der Waals surface area contributed by atoms with Gasteiger partial charge in [-0.25, -0.2) is 0 Å². The van der Waals surface area contributed by atoms with Crippen LogP contribution in [0.5, 0.6) is 0 Å².